The third-order valence-corrected chi connectivity index (χ3v) is 4.43. The minimum atomic E-state index is -0.0469. The van der Waals surface area contributed by atoms with Crippen molar-refractivity contribution in [3.05, 3.63) is 23.3 Å². The van der Waals surface area contributed by atoms with Crippen LogP contribution in [-0.2, 0) is 16.1 Å². The maximum Gasteiger partial charge on any atom is 0.243 e. The molecule has 0 aromatic heterocycles. The summed E-state index contributed by atoms with van der Waals surface area (Å²) < 4.78 is 16.2. The molecule has 0 fully saturated rings. The summed E-state index contributed by atoms with van der Waals surface area (Å²) in [6, 6.07) is 3.94. The van der Waals surface area contributed by atoms with Crippen molar-refractivity contribution in [2.75, 3.05) is 61.7 Å². The van der Waals surface area contributed by atoms with Gasteiger partial charge < -0.3 is 29.3 Å². The molecule has 0 aliphatic carbocycles. The molecule has 0 radical (unpaired) electrons. The molecule has 1 aromatic rings. The molecule has 8 heteroatoms. The molecule has 8 nitrogen and oxygen atoms in total. The Morgan fingerprint density at radius 2 is 1.79 bits per heavy atom. The van der Waals surface area contributed by atoms with Gasteiger partial charge in [0.2, 0.25) is 5.91 Å². The molecule has 1 N–H and O–H groups in total. The lowest BCUT2D eigenvalue weighted by Crippen LogP contribution is -2.40. The molecule has 0 bridgehead atoms. The summed E-state index contributed by atoms with van der Waals surface area (Å²) in [5.74, 6) is 2.02. The second-order valence-electron chi connectivity index (χ2n) is 6.89. The van der Waals surface area contributed by atoms with Crippen LogP contribution in [0.25, 0.3) is 0 Å². The van der Waals surface area contributed by atoms with Gasteiger partial charge in [0, 0.05) is 47.4 Å². The van der Waals surface area contributed by atoms with Gasteiger partial charge in [0.1, 0.15) is 6.54 Å². The number of hydrogen-bond donors (Lipinski definition) is 1. The Kier molecular flexibility index (Phi) is 10.9. The van der Waals surface area contributed by atoms with Crippen molar-refractivity contribution in [1.82, 2.24) is 15.1 Å². The Balaban J connectivity index is 2.93. The Morgan fingerprint density at radius 1 is 1.14 bits per heavy atom. The van der Waals surface area contributed by atoms with E-state index in [0.717, 1.165) is 17.5 Å². The number of carbonyl (C=O) groups is 1. The summed E-state index contributed by atoms with van der Waals surface area (Å²) in [4.78, 5) is 20.0. The van der Waals surface area contributed by atoms with Crippen molar-refractivity contribution >= 4 is 11.9 Å². The van der Waals surface area contributed by atoms with Gasteiger partial charge in [0.15, 0.2) is 17.5 Å². The Bertz CT molecular complexity index is 677. The van der Waals surface area contributed by atoms with Gasteiger partial charge in [-0.2, -0.15) is 0 Å². The standard InChI is InChI=1S/C21H36N4O4/c1-8-29-11-9-10-22-21(23-14-20(26)24(3)4)25(5)15-17-13-19(28-7)18(27-6)12-16(17)2/h12-13H,8-11,14-15H2,1-7H3,(H,22,23). The first kappa shape index (κ1) is 24.6. The summed E-state index contributed by atoms with van der Waals surface area (Å²) in [6.45, 7) is 6.82. The van der Waals surface area contributed by atoms with E-state index in [9.17, 15) is 4.79 Å². The van der Waals surface area contributed by atoms with Gasteiger partial charge in [-0.3, -0.25) is 4.79 Å². The van der Waals surface area contributed by atoms with E-state index in [1.165, 1.54) is 4.90 Å². The number of ether oxygens (including phenoxy) is 3. The molecule has 1 rings (SSSR count). The summed E-state index contributed by atoms with van der Waals surface area (Å²) in [6.07, 6.45) is 0.859. The van der Waals surface area contributed by atoms with Crippen LogP contribution >= 0.6 is 0 Å². The van der Waals surface area contributed by atoms with E-state index in [1.54, 1.807) is 28.3 Å². The zero-order valence-electron chi connectivity index (χ0n) is 18.9. The molecule has 0 aliphatic rings. The zero-order valence-corrected chi connectivity index (χ0v) is 18.9. The smallest absolute Gasteiger partial charge is 0.243 e. The summed E-state index contributed by atoms with van der Waals surface area (Å²) in [7, 11) is 8.65. The fourth-order valence-electron chi connectivity index (χ4n) is 2.64. The van der Waals surface area contributed by atoms with E-state index < -0.39 is 0 Å². The topological polar surface area (TPSA) is 75.6 Å². The molecule has 0 spiro atoms. The van der Waals surface area contributed by atoms with Gasteiger partial charge >= 0.3 is 0 Å². The normalized spacial score (nSPS) is 11.2. The van der Waals surface area contributed by atoms with Crippen molar-refractivity contribution < 1.29 is 19.0 Å². The fraction of sp³-hybridized carbons (Fsp3) is 0.619. The highest BCUT2D eigenvalue weighted by Crippen LogP contribution is 2.30. The number of hydrogen-bond acceptors (Lipinski definition) is 5. The molecule has 0 aliphatic heterocycles. The van der Waals surface area contributed by atoms with Crippen LogP contribution in [0.3, 0.4) is 0 Å². The van der Waals surface area contributed by atoms with Crippen molar-refractivity contribution in [2.45, 2.75) is 26.8 Å². The first-order chi connectivity index (χ1) is 13.8. The summed E-state index contributed by atoms with van der Waals surface area (Å²) in [5.41, 5.74) is 2.18. The van der Waals surface area contributed by atoms with Gasteiger partial charge in [0.25, 0.3) is 0 Å². The largest absolute Gasteiger partial charge is 0.493 e. The number of nitrogens with zero attached hydrogens (tertiary/aromatic N) is 3. The Labute approximate surface area is 174 Å². The number of benzene rings is 1. The number of nitrogens with one attached hydrogen (secondary N) is 1. The molecule has 164 valence electrons. The van der Waals surface area contributed by atoms with Crippen molar-refractivity contribution in [3.63, 3.8) is 0 Å². The van der Waals surface area contributed by atoms with E-state index in [0.29, 0.717) is 43.8 Å². The van der Waals surface area contributed by atoms with Crippen LogP contribution in [0.2, 0.25) is 0 Å². The van der Waals surface area contributed by atoms with Gasteiger partial charge in [0.05, 0.1) is 14.2 Å². The Hall–Kier alpha value is -2.48. The minimum absolute atomic E-state index is 0.0469. The van der Waals surface area contributed by atoms with Gasteiger partial charge in [-0.15, -0.1) is 0 Å². The van der Waals surface area contributed by atoms with Crippen molar-refractivity contribution in [1.29, 1.82) is 0 Å². The quantitative estimate of drug-likeness (QED) is 0.342. The number of amides is 1. The van der Waals surface area contributed by atoms with E-state index in [-0.39, 0.29) is 12.5 Å². The first-order valence-corrected chi connectivity index (χ1v) is 9.82. The molecule has 0 heterocycles. The highest BCUT2D eigenvalue weighted by Gasteiger charge is 2.13. The molecule has 0 atom stereocenters. The van der Waals surface area contributed by atoms with Crippen LogP contribution in [0, 0.1) is 6.92 Å². The predicted molar refractivity (Wildman–Crippen MR) is 116 cm³/mol. The van der Waals surface area contributed by atoms with E-state index >= 15 is 0 Å². The van der Waals surface area contributed by atoms with Gasteiger partial charge in [-0.05, 0) is 43.5 Å². The third-order valence-electron chi connectivity index (χ3n) is 4.43. The number of rotatable bonds is 11. The lowest BCUT2D eigenvalue weighted by atomic mass is 10.1. The molecule has 0 saturated carbocycles. The first-order valence-electron chi connectivity index (χ1n) is 9.82. The monoisotopic (exact) mass is 408 g/mol. The number of likely N-dealkylation sites (N-methyl/N-ethyl adjacent to an activating group) is 1. The second-order valence-corrected chi connectivity index (χ2v) is 6.89. The number of aliphatic imine (C=N–C) groups is 1. The van der Waals surface area contributed by atoms with Gasteiger partial charge in [-0.1, -0.05) is 0 Å². The van der Waals surface area contributed by atoms with Gasteiger partial charge in [-0.25, -0.2) is 4.99 Å². The lowest BCUT2D eigenvalue weighted by Gasteiger charge is -2.24. The predicted octanol–water partition coefficient (Wildman–Crippen LogP) is 1.90. The van der Waals surface area contributed by atoms with Crippen molar-refractivity contribution in [2.24, 2.45) is 4.99 Å². The molecule has 1 amide bonds. The number of aryl methyl sites for hydroxylation is 1. The molecular weight excluding hydrogens is 372 g/mol. The molecule has 29 heavy (non-hydrogen) atoms. The maximum atomic E-state index is 12.0. The Morgan fingerprint density at radius 3 is 2.38 bits per heavy atom. The number of methoxy groups -OCH3 is 2. The maximum absolute atomic E-state index is 12.0. The van der Waals surface area contributed by atoms with Crippen LogP contribution in [0.15, 0.2) is 17.1 Å². The van der Waals surface area contributed by atoms with Crippen LogP contribution in [0.1, 0.15) is 24.5 Å². The van der Waals surface area contributed by atoms with Crippen LogP contribution in [0.4, 0.5) is 0 Å². The van der Waals surface area contributed by atoms with Crippen LogP contribution in [-0.4, -0.2) is 83.3 Å². The number of carbonyl (C=O) groups excluding carboxylic acids is 1. The fourth-order valence-corrected chi connectivity index (χ4v) is 2.64. The average Bonchev–Trinajstić information content (AvgIpc) is 2.70. The van der Waals surface area contributed by atoms with Crippen LogP contribution in [0.5, 0.6) is 11.5 Å². The highest BCUT2D eigenvalue weighted by molar-refractivity contribution is 5.84. The zero-order chi connectivity index (χ0) is 21.8. The summed E-state index contributed by atoms with van der Waals surface area (Å²) >= 11 is 0. The second kappa shape index (κ2) is 12.9. The lowest BCUT2D eigenvalue weighted by molar-refractivity contribution is -0.127. The summed E-state index contributed by atoms with van der Waals surface area (Å²) in [5, 5.41) is 3.33. The number of guanidine groups is 1. The molecule has 0 unspecified atom stereocenters. The SMILES string of the molecule is CCOCCCNC(=NCC(=O)N(C)C)N(C)Cc1cc(OC)c(OC)cc1C. The third kappa shape index (κ3) is 8.19. The molecular formula is C21H36N4O4. The molecule has 0 saturated heterocycles. The van der Waals surface area contributed by atoms with Crippen LogP contribution < -0.4 is 14.8 Å². The average molecular weight is 409 g/mol. The van der Waals surface area contributed by atoms with E-state index in [1.807, 2.05) is 37.9 Å². The highest BCUT2D eigenvalue weighted by atomic mass is 16.5. The van der Waals surface area contributed by atoms with Crippen molar-refractivity contribution in [3.8, 4) is 11.5 Å². The van der Waals surface area contributed by atoms with E-state index in [4.69, 9.17) is 14.2 Å². The molecule has 1 aromatic carbocycles. The van der Waals surface area contributed by atoms with E-state index in [2.05, 4.69) is 10.3 Å². The minimum Gasteiger partial charge on any atom is -0.493 e.